The molecule has 1 aromatic carbocycles. The number of nitrogens with one attached hydrogen (secondary N) is 2. The van der Waals surface area contributed by atoms with E-state index in [1.165, 1.54) is 12.1 Å². The number of halogens is 3. The Kier molecular flexibility index (Phi) is 3.85. The van der Waals surface area contributed by atoms with E-state index in [9.17, 15) is 13.2 Å². The van der Waals surface area contributed by atoms with Crippen LogP contribution in [0.2, 0.25) is 0 Å². The summed E-state index contributed by atoms with van der Waals surface area (Å²) < 4.78 is 50.2. The number of fused-ring (bicyclic) bond motifs is 1. The van der Waals surface area contributed by atoms with Gasteiger partial charge in [0.1, 0.15) is 22.9 Å². The number of ether oxygens (including phenoxy) is 1. The van der Waals surface area contributed by atoms with Gasteiger partial charge in [0, 0.05) is 16.6 Å². The number of epoxide rings is 1. The van der Waals surface area contributed by atoms with E-state index in [1.54, 1.807) is 31.2 Å². The van der Waals surface area contributed by atoms with E-state index < -0.39 is 11.7 Å². The van der Waals surface area contributed by atoms with Gasteiger partial charge in [0.15, 0.2) is 12.3 Å². The molecule has 2 unspecified atom stereocenters. The number of aryl methyl sites for hydroxylation is 1. The number of alkyl halides is 3. The molecule has 7 nitrogen and oxygen atoms in total. The van der Waals surface area contributed by atoms with Gasteiger partial charge in [0.2, 0.25) is 0 Å². The number of anilines is 1. The average Bonchev–Trinajstić information content (AvgIpc) is 3.10. The molecule has 3 aromatic heterocycles. The molecule has 29 heavy (non-hydrogen) atoms. The molecule has 1 aliphatic rings. The summed E-state index contributed by atoms with van der Waals surface area (Å²) in [6, 6.07) is 10.6. The van der Waals surface area contributed by atoms with Crippen molar-refractivity contribution in [3.8, 4) is 11.3 Å². The normalized spacial score (nSPS) is 18.9. The number of H-pyrrole nitrogens is 1. The van der Waals surface area contributed by atoms with Crippen LogP contribution in [0.1, 0.15) is 23.1 Å². The van der Waals surface area contributed by atoms with Gasteiger partial charge in [0.25, 0.3) is 0 Å². The molecule has 4 heterocycles. The molecule has 1 saturated heterocycles. The summed E-state index contributed by atoms with van der Waals surface area (Å²) in [5, 5.41) is 11.4. The van der Waals surface area contributed by atoms with Crippen LogP contribution in [0.25, 0.3) is 22.3 Å². The highest BCUT2D eigenvalue weighted by atomic mass is 19.4. The Morgan fingerprint density at radius 1 is 1.10 bits per heavy atom. The van der Waals surface area contributed by atoms with Crippen molar-refractivity contribution in [2.24, 2.45) is 0 Å². The lowest BCUT2D eigenvalue weighted by Gasteiger charge is -2.11. The van der Waals surface area contributed by atoms with Gasteiger partial charge in [-0.2, -0.15) is 13.2 Å². The maximum Gasteiger partial charge on any atom is 0.417 e. The van der Waals surface area contributed by atoms with Crippen LogP contribution in [0, 0.1) is 6.92 Å². The summed E-state index contributed by atoms with van der Waals surface area (Å²) in [6.45, 7) is 1.77. The van der Waals surface area contributed by atoms with E-state index in [0.717, 1.165) is 6.07 Å². The van der Waals surface area contributed by atoms with E-state index in [2.05, 4.69) is 30.2 Å². The average molecular weight is 401 g/mol. The predicted octanol–water partition coefficient (Wildman–Crippen LogP) is 4.45. The first kappa shape index (κ1) is 17.7. The van der Waals surface area contributed by atoms with Gasteiger partial charge in [-0.25, -0.2) is 9.61 Å². The Balaban J connectivity index is 1.41. The predicted molar refractivity (Wildman–Crippen MR) is 96.8 cm³/mol. The Morgan fingerprint density at radius 3 is 2.69 bits per heavy atom. The molecule has 1 fully saturated rings. The zero-order chi connectivity index (χ0) is 20.2. The van der Waals surface area contributed by atoms with Gasteiger partial charge >= 0.3 is 6.18 Å². The first-order valence-electron chi connectivity index (χ1n) is 8.77. The number of nitrogens with zero attached hydrogens (tertiary/aromatic N) is 3. The zero-order valence-corrected chi connectivity index (χ0v) is 15.0. The van der Waals surface area contributed by atoms with E-state index in [0.29, 0.717) is 33.9 Å². The van der Waals surface area contributed by atoms with Crippen molar-refractivity contribution in [2.45, 2.75) is 25.4 Å². The van der Waals surface area contributed by atoms with Gasteiger partial charge in [-0.05, 0) is 31.2 Å². The highest BCUT2D eigenvalue weighted by molar-refractivity contribution is 5.85. The van der Waals surface area contributed by atoms with Crippen LogP contribution >= 0.6 is 0 Å². The standard InChI is InChI=1S/C19H14F3N5O2/c1-9-15(27-29-26-9)16-18(28-16)25-14-7-6-10-8-13(23-17(10)24-14)11-4-2-3-5-12(11)19(20,21)22/h2-8,16,18H,1H3,(H2,23,24,25). The van der Waals surface area contributed by atoms with Crippen molar-refractivity contribution in [3.63, 3.8) is 0 Å². The smallest absolute Gasteiger partial charge is 0.342 e. The molecule has 2 atom stereocenters. The maximum absolute atomic E-state index is 13.3. The highest BCUT2D eigenvalue weighted by Gasteiger charge is 2.44. The van der Waals surface area contributed by atoms with Crippen LogP contribution in [0.4, 0.5) is 19.0 Å². The van der Waals surface area contributed by atoms with Gasteiger partial charge in [-0.15, -0.1) is 0 Å². The molecule has 0 aliphatic carbocycles. The SMILES string of the molecule is Cc1nonc1C1OC1Nc1ccc2cc(-c3ccccc3C(F)(F)F)[nH]c2n1. The third kappa shape index (κ3) is 3.21. The molecule has 2 N–H and O–H groups in total. The van der Waals surface area contributed by atoms with E-state index >= 15 is 0 Å². The van der Waals surface area contributed by atoms with Crippen molar-refractivity contribution in [1.82, 2.24) is 20.3 Å². The number of benzene rings is 1. The van der Waals surface area contributed by atoms with Crippen LogP contribution in [0.3, 0.4) is 0 Å². The van der Waals surface area contributed by atoms with Crippen LogP contribution in [0.15, 0.2) is 47.1 Å². The highest BCUT2D eigenvalue weighted by Crippen LogP contribution is 2.40. The molecular formula is C19H14F3N5O2. The Morgan fingerprint density at radius 2 is 1.93 bits per heavy atom. The van der Waals surface area contributed by atoms with Crippen LogP contribution in [0.5, 0.6) is 0 Å². The first-order valence-corrected chi connectivity index (χ1v) is 8.77. The summed E-state index contributed by atoms with van der Waals surface area (Å²) in [6.07, 6.45) is -5.05. The minimum absolute atomic E-state index is 0.0760. The maximum atomic E-state index is 13.3. The number of rotatable bonds is 4. The molecule has 148 valence electrons. The van der Waals surface area contributed by atoms with Crippen molar-refractivity contribution in [1.29, 1.82) is 0 Å². The van der Waals surface area contributed by atoms with Crippen molar-refractivity contribution < 1.29 is 22.5 Å². The molecule has 10 heteroatoms. The topological polar surface area (TPSA) is 92.2 Å². The molecule has 0 saturated carbocycles. The summed E-state index contributed by atoms with van der Waals surface area (Å²) >= 11 is 0. The summed E-state index contributed by atoms with van der Waals surface area (Å²) in [7, 11) is 0. The third-order valence-corrected chi connectivity index (χ3v) is 4.74. The minimum atomic E-state index is -4.44. The van der Waals surface area contributed by atoms with Crippen molar-refractivity contribution >= 4 is 16.9 Å². The fourth-order valence-corrected chi connectivity index (χ4v) is 3.27. The Labute approximate surface area is 161 Å². The molecule has 0 radical (unpaired) electrons. The van der Waals surface area contributed by atoms with Crippen LogP contribution in [-0.4, -0.2) is 26.5 Å². The molecule has 4 aromatic rings. The molecule has 0 amide bonds. The summed E-state index contributed by atoms with van der Waals surface area (Å²) in [5.74, 6) is 0.525. The van der Waals surface area contributed by atoms with Crippen LogP contribution < -0.4 is 5.32 Å². The summed E-state index contributed by atoms with van der Waals surface area (Å²) in [4.78, 5) is 7.42. The quantitative estimate of drug-likeness (QED) is 0.491. The Hall–Kier alpha value is -3.40. The third-order valence-electron chi connectivity index (χ3n) is 4.74. The molecule has 5 rings (SSSR count). The second-order valence-corrected chi connectivity index (χ2v) is 6.72. The van der Waals surface area contributed by atoms with Crippen molar-refractivity contribution in [3.05, 3.63) is 59.4 Å². The van der Waals surface area contributed by atoms with Gasteiger partial charge < -0.3 is 15.0 Å². The minimum Gasteiger partial charge on any atom is -0.342 e. The number of hydrogen-bond donors (Lipinski definition) is 2. The lowest BCUT2D eigenvalue weighted by atomic mass is 10.0. The lowest BCUT2D eigenvalue weighted by molar-refractivity contribution is -0.137. The first-order chi connectivity index (χ1) is 13.9. The monoisotopic (exact) mass is 401 g/mol. The van der Waals surface area contributed by atoms with E-state index in [-0.39, 0.29) is 17.9 Å². The zero-order valence-electron chi connectivity index (χ0n) is 15.0. The fraction of sp³-hybridized carbons (Fsp3) is 0.211. The second-order valence-electron chi connectivity index (χ2n) is 6.72. The molecule has 1 aliphatic heterocycles. The fourth-order valence-electron chi connectivity index (χ4n) is 3.27. The number of pyridine rings is 1. The summed E-state index contributed by atoms with van der Waals surface area (Å²) in [5.41, 5.74) is 1.47. The van der Waals surface area contributed by atoms with Crippen molar-refractivity contribution in [2.75, 3.05) is 5.32 Å². The molecular weight excluding hydrogens is 387 g/mol. The number of aromatic nitrogens is 4. The van der Waals surface area contributed by atoms with Crippen LogP contribution in [-0.2, 0) is 10.9 Å². The largest absolute Gasteiger partial charge is 0.417 e. The number of hydrogen-bond acceptors (Lipinski definition) is 6. The van der Waals surface area contributed by atoms with Gasteiger partial charge in [0.05, 0.1) is 5.56 Å². The lowest BCUT2D eigenvalue weighted by Crippen LogP contribution is -2.07. The van der Waals surface area contributed by atoms with Gasteiger partial charge in [-0.3, -0.25) is 0 Å². The second kappa shape index (κ2) is 6.31. The molecule has 0 spiro atoms. The van der Waals surface area contributed by atoms with E-state index in [1.807, 2.05) is 0 Å². The molecule has 0 bridgehead atoms. The van der Waals surface area contributed by atoms with E-state index in [4.69, 9.17) is 4.74 Å². The Bertz CT molecular complexity index is 1200. The van der Waals surface area contributed by atoms with Gasteiger partial charge in [-0.1, -0.05) is 28.5 Å². The number of aromatic amines is 1.